The quantitative estimate of drug-likeness (QED) is 0.737. The highest BCUT2D eigenvalue weighted by atomic mass is 16.5. The molecule has 2 aromatic carbocycles. The number of hydrogen-bond donors (Lipinski definition) is 1. The number of ether oxygens (including phenoxy) is 1. The molecule has 1 N–H and O–H groups in total. The number of carboxylic acid groups (broad SMARTS) is 1. The molecule has 0 aliphatic rings. The highest BCUT2D eigenvalue weighted by Crippen LogP contribution is 2.27. The zero-order chi connectivity index (χ0) is 19.5. The van der Waals surface area contributed by atoms with Gasteiger partial charge in [0, 0.05) is 6.42 Å². The molecule has 0 fully saturated rings. The van der Waals surface area contributed by atoms with E-state index in [1.165, 1.54) is 11.1 Å². The minimum atomic E-state index is -1.32. The second-order valence-corrected chi connectivity index (χ2v) is 8.49. The zero-order valence-corrected chi connectivity index (χ0v) is 16.7. The van der Waals surface area contributed by atoms with Crippen LogP contribution >= 0.6 is 0 Å². The largest absolute Gasteiger partial charge is 0.478 e. The average Bonchev–Trinajstić information content (AvgIpc) is 2.54. The lowest BCUT2D eigenvalue weighted by Gasteiger charge is -2.27. The molecule has 2 rings (SSSR count). The summed E-state index contributed by atoms with van der Waals surface area (Å²) in [6, 6.07) is 15.8. The molecule has 26 heavy (non-hydrogen) atoms. The van der Waals surface area contributed by atoms with Crippen molar-refractivity contribution in [1.29, 1.82) is 0 Å². The molecular formula is C23H30O3. The van der Waals surface area contributed by atoms with E-state index in [1.54, 1.807) is 6.92 Å². The predicted molar refractivity (Wildman–Crippen MR) is 106 cm³/mol. The fourth-order valence-electron chi connectivity index (χ4n) is 2.85. The number of rotatable bonds is 6. The lowest BCUT2D eigenvalue weighted by molar-refractivity contribution is -0.153. The van der Waals surface area contributed by atoms with Gasteiger partial charge < -0.3 is 9.84 Å². The van der Waals surface area contributed by atoms with E-state index < -0.39 is 11.6 Å². The average molecular weight is 354 g/mol. The third kappa shape index (κ3) is 4.87. The Morgan fingerprint density at radius 1 is 0.962 bits per heavy atom. The summed E-state index contributed by atoms with van der Waals surface area (Å²) >= 11 is 0. The molecule has 2 aromatic rings. The Hall–Kier alpha value is -2.29. The molecule has 3 nitrogen and oxygen atoms in total. The highest BCUT2D eigenvalue weighted by Gasteiger charge is 2.36. The van der Waals surface area contributed by atoms with Crippen LogP contribution < -0.4 is 4.74 Å². The lowest BCUT2D eigenvalue weighted by atomic mass is 9.85. The maximum Gasteiger partial charge on any atom is 0.348 e. The Labute approximate surface area is 157 Å². The molecule has 1 unspecified atom stereocenters. The van der Waals surface area contributed by atoms with E-state index in [0.29, 0.717) is 18.1 Å². The van der Waals surface area contributed by atoms with Crippen molar-refractivity contribution in [2.24, 2.45) is 0 Å². The van der Waals surface area contributed by atoms with E-state index in [2.05, 4.69) is 46.8 Å². The van der Waals surface area contributed by atoms with E-state index in [1.807, 2.05) is 36.4 Å². The molecule has 0 saturated heterocycles. The number of hydrogen-bond acceptors (Lipinski definition) is 2. The van der Waals surface area contributed by atoms with Crippen LogP contribution in [0.5, 0.6) is 5.75 Å². The SMILES string of the molecule is CC(C)c1ccc(OC(C)(Cc2ccc(C(C)(C)C)cc2)C(=O)O)cc1. The van der Waals surface area contributed by atoms with Gasteiger partial charge in [-0.2, -0.15) is 0 Å². The standard InChI is InChI=1S/C23H30O3/c1-16(2)18-9-13-20(14-10-18)26-23(6,21(24)25)15-17-7-11-19(12-8-17)22(3,4)5/h7-14,16H,15H2,1-6H3,(H,24,25). The van der Waals surface area contributed by atoms with Gasteiger partial charge in [0.15, 0.2) is 0 Å². The first-order chi connectivity index (χ1) is 12.0. The Kier molecular flexibility index (Phi) is 5.80. The van der Waals surface area contributed by atoms with Gasteiger partial charge in [-0.25, -0.2) is 4.79 Å². The van der Waals surface area contributed by atoms with Gasteiger partial charge in [0.1, 0.15) is 5.75 Å². The van der Waals surface area contributed by atoms with E-state index in [-0.39, 0.29) is 5.41 Å². The first-order valence-corrected chi connectivity index (χ1v) is 9.13. The van der Waals surface area contributed by atoms with E-state index in [0.717, 1.165) is 5.56 Å². The summed E-state index contributed by atoms with van der Waals surface area (Å²) in [5.41, 5.74) is 2.13. The second kappa shape index (κ2) is 7.53. The van der Waals surface area contributed by atoms with Crippen LogP contribution in [-0.4, -0.2) is 16.7 Å². The van der Waals surface area contributed by atoms with Gasteiger partial charge in [-0.15, -0.1) is 0 Å². The van der Waals surface area contributed by atoms with Crippen LogP contribution in [0.4, 0.5) is 0 Å². The van der Waals surface area contributed by atoms with Gasteiger partial charge >= 0.3 is 5.97 Å². The predicted octanol–water partition coefficient (Wildman–Crippen LogP) is 5.57. The van der Waals surface area contributed by atoms with Gasteiger partial charge in [-0.05, 0) is 47.1 Å². The lowest BCUT2D eigenvalue weighted by Crippen LogP contribution is -2.43. The fraction of sp³-hybridized carbons (Fsp3) is 0.435. The normalized spacial score (nSPS) is 14.1. The molecule has 140 valence electrons. The maximum atomic E-state index is 11.9. The molecule has 0 aliphatic heterocycles. The van der Waals surface area contributed by atoms with Crippen molar-refractivity contribution < 1.29 is 14.6 Å². The van der Waals surface area contributed by atoms with E-state index in [9.17, 15) is 9.90 Å². The Morgan fingerprint density at radius 2 is 1.50 bits per heavy atom. The van der Waals surface area contributed by atoms with Crippen LogP contribution in [0.15, 0.2) is 48.5 Å². The van der Waals surface area contributed by atoms with Crippen molar-refractivity contribution in [3.8, 4) is 5.75 Å². The van der Waals surface area contributed by atoms with Crippen molar-refractivity contribution in [3.05, 3.63) is 65.2 Å². The first kappa shape index (κ1) is 20.0. The number of carbonyl (C=O) groups is 1. The van der Waals surface area contributed by atoms with Crippen molar-refractivity contribution in [2.75, 3.05) is 0 Å². The maximum absolute atomic E-state index is 11.9. The molecule has 0 bridgehead atoms. The third-order valence-electron chi connectivity index (χ3n) is 4.70. The molecule has 0 saturated carbocycles. The minimum Gasteiger partial charge on any atom is -0.478 e. The number of aliphatic carboxylic acids is 1. The van der Waals surface area contributed by atoms with Crippen molar-refractivity contribution in [2.45, 2.75) is 64.9 Å². The Bertz CT molecular complexity index is 737. The summed E-state index contributed by atoms with van der Waals surface area (Å²) in [7, 11) is 0. The van der Waals surface area contributed by atoms with Gasteiger partial charge in [0.25, 0.3) is 0 Å². The van der Waals surface area contributed by atoms with Crippen LogP contribution in [0.25, 0.3) is 0 Å². The topological polar surface area (TPSA) is 46.5 Å². The van der Waals surface area contributed by atoms with Crippen LogP contribution in [0.1, 0.15) is 64.2 Å². The van der Waals surface area contributed by atoms with Crippen molar-refractivity contribution >= 4 is 5.97 Å². The summed E-state index contributed by atoms with van der Waals surface area (Å²) in [6.07, 6.45) is 0.304. The first-order valence-electron chi connectivity index (χ1n) is 9.13. The molecule has 0 aromatic heterocycles. The molecule has 0 spiro atoms. The van der Waals surface area contributed by atoms with Crippen LogP contribution in [0.3, 0.4) is 0 Å². The smallest absolute Gasteiger partial charge is 0.348 e. The summed E-state index contributed by atoms with van der Waals surface area (Å²) < 4.78 is 5.90. The molecule has 3 heteroatoms. The van der Waals surface area contributed by atoms with E-state index in [4.69, 9.17) is 4.74 Å². The minimum absolute atomic E-state index is 0.0727. The third-order valence-corrected chi connectivity index (χ3v) is 4.70. The van der Waals surface area contributed by atoms with Gasteiger partial charge in [-0.1, -0.05) is 71.0 Å². The van der Waals surface area contributed by atoms with Crippen molar-refractivity contribution in [3.63, 3.8) is 0 Å². The summed E-state index contributed by atoms with van der Waals surface area (Å²) in [5.74, 6) is 0.0344. The summed E-state index contributed by atoms with van der Waals surface area (Å²) in [5, 5.41) is 9.76. The fourth-order valence-corrected chi connectivity index (χ4v) is 2.85. The Morgan fingerprint density at radius 3 is 1.92 bits per heavy atom. The second-order valence-electron chi connectivity index (χ2n) is 8.49. The van der Waals surface area contributed by atoms with Crippen LogP contribution in [0, 0.1) is 0 Å². The molecule has 0 heterocycles. The van der Waals surface area contributed by atoms with Gasteiger partial charge in [-0.3, -0.25) is 0 Å². The number of benzene rings is 2. The monoisotopic (exact) mass is 354 g/mol. The van der Waals surface area contributed by atoms with Crippen molar-refractivity contribution in [1.82, 2.24) is 0 Å². The van der Waals surface area contributed by atoms with E-state index >= 15 is 0 Å². The zero-order valence-electron chi connectivity index (χ0n) is 16.7. The van der Waals surface area contributed by atoms with Gasteiger partial charge in [0.2, 0.25) is 5.60 Å². The molecule has 0 aliphatic carbocycles. The van der Waals surface area contributed by atoms with Gasteiger partial charge in [0.05, 0.1) is 0 Å². The molecule has 0 amide bonds. The van der Waals surface area contributed by atoms with Crippen LogP contribution in [0.2, 0.25) is 0 Å². The Balaban J connectivity index is 2.20. The number of carboxylic acids is 1. The summed E-state index contributed by atoms with van der Waals surface area (Å²) in [4.78, 5) is 11.9. The highest BCUT2D eigenvalue weighted by molar-refractivity contribution is 5.78. The van der Waals surface area contributed by atoms with Crippen LogP contribution in [-0.2, 0) is 16.6 Å². The summed E-state index contributed by atoms with van der Waals surface area (Å²) in [6.45, 7) is 12.4. The molecule has 1 atom stereocenters. The molecular weight excluding hydrogens is 324 g/mol. The molecule has 0 radical (unpaired) electrons.